The number of carbonyl (C=O) groups is 1. The number of benzene rings is 3. The van der Waals surface area contributed by atoms with E-state index in [4.69, 9.17) is 37.1 Å². The lowest BCUT2D eigenvalue weighted by Crippen LogP contribution is -2.20. The van der Waals surface area contributed by atoms with E-state index >= 15 is 0 Å². The lowest BCUT2D eigenvalue weighted by molar-refractivity contribution is -0.118. The van der Waals surface area contributed by atoms with E-state index in [1.165, 1.54) is 13.2 Å². The van der Waals surface area contributed by atoms with Crippen molar-refractivity contribution in [1.29, 1.82) is 0 Å². The average Bonchev–Trinajstić information content (AvgIpc) is 2.78. The summed E-state index contributed by atoms with van der Waals surface area (Å²) in [4.78, 5) is 24.8. The molecule has 0 aliphatic carbocycles. The molecular formula is C24H17Cl2NO5. The maximum Gasteiger partial charge on any atom is 0.344 e. The van der Waals surface area contributed by atoms with Gasteiger partial charge in [-0.05, 0) is 42.5 Å². The van der Waals surface area contributed by atoms with E-state index in [-0.39, 0.29) is 6.61 Å². The SMILES string of the molecule is COc1cc(NC(=O)COc2ccc(Cl)cc2Cl)ccc1-c1cc2ccccc2oc1=O. The van der Waals surface area contributed by atoms with Crippen molar-refractivity contribution < 1.29 is 18.7 Å². The summed E-state index contributed by atoms with van der Waals surface area (Å²) in [5.74, 6) is 0.366. The van der Waals surface area contributed by atoms with Gasteiger partial charge in [0.25, 0.3) is 5.91 Å². The second kappa shape index (κ2) is 9.34. The largest absolute Gasteiger partial charge is 0.496 e. The Labute approximate surface area is 193 Å². The monoisotopic (exact) mass is 469 g/mol. The van der Waals surface area contributed by atoms with Crippen LogP contribution in [0.2, 0.25) is 10.0 Å². The molecule has 0 aliphatic rings. The standard InChI is InChI=1S/C24H17Cl2NO5/c1-30-22-12-16(27-23(28)13-31-21-9-6-15(25)11-19(21)26)7-8-17(22)18-10-14-4-2-3-5-20(14)32-24(18)29/h2-12H,13H2,1H3,(H,27,28). The maximum atomic E-state index is 12.5. The summed E-state index contributed by atoms with van der Waals surface area (Å²) in [6, 6.07) is 18.7. The van der Waals surface area contributed by atoms with Crippen LogP contribution in [0.3, 0.4) is 0 Å². The van der Waals surface area contributed by atoms with Gasteiger partial charge < -0.3 is 19.2 Å². The molecule has 1 amide bonds. The molecule has 4 aromatic rings. The molecule has 8 heteroatoms. The number of ether oxygens (including phenoxy) is 2. The number of hydrogen-bond donors (Lipinski definition) is 1. The van der Waals surface area contributed by atoms with E-state index in [0.29, 0.717) is 43.9 Å². The minimum absolute atomic E-state index is 0.250. The highest BCUT2D eigenvalue weighted by Gasteiger charge is 2.14. The molecule has 0 unspecified atom stereocenters. The first-order chi connectivity index (χ1) is 15.4. The number of amides is 1. The van der Waals surface area contributed by atoms with Crippen molar-refractivity contribution in [2.24, 2.45) is 0 Å². The quantitative estimate of drug-likeness (QED) is 0.361. The predicted octanol–water partition coefficient (Wildman–Crippen LogP) is 5.79. The molecular weight excluding hydrogens is 453 g/mol. The van der Waals surface area contributed by atoms with Crippen LogP contribution in [0.25, 0.3) is 22.1 Å². The van der Waals surface area contributed by atoms with Gasteiger partial charge in [-0.15, -0.1) is 0 Å². The number of halogens is 2. The van der Waals surface area contributed by atoms with Crippen LogP contribution in [0.15, 0.2) is 75.9 Å². The molecule has 1 N–H and O–H groups in total. The third-order valence-electron chi connectivity index (χ3n) is 4.67. The third-order valence-corrected chi connectivity index (χ3v) is 5.20. The Morgan fingerprint density at radius 2 is 1.78 bits per heavy atom. The minimum Gasteiger partial charge on any atom is -0.496 e. The number of anilines is 1. The molecule has 0 atom stereocenters. The molecule has 162 valence electrons. The lowest BCUT2D eigenvalue weighted by Gasteiger charge is -2.12. The van der Waals surface area contributed by atoms with Gasteiger partial charge >= 0.3 is 5.63 Å². The Hall–Kier alpha value is -3.48. The Kier molecular flexibility index (Phi) is 6.35. The van der Waals surface area contributed by atoms with Crippen LogP contribution in [-0.4, -0.2) is 19.6 Å². The van der Waals surface area contributed by atoms with Crippen molar-refractivity contribution in [2.45, 2.75) is 0 Å². The zero-order valence-electron chi connectivity index (χ0n) is 16.9. The number of fused-ring (bicyclic) bond motifs is 1. The average molecular weight is 470 g/mol. The van der Waals surface area contributed by atoms with Crippen molar-refractivity contribution in [2.75, 3.05) is 19.0 Å². The first-order valence-electron chi connectivity index (χ1n) is 9.53. The van der Waals surface area contributed by atoms with Gasteiger partial charge in [0.1, 0.15) is 17.1 Å². The zero-order valence-corrected chi connectivity index (χ0v) is 18.4. The molecule has 3 aromatic carbocycles. The van der Waals surface area contributed by atoms with E-state index in [2.05, 4.69) is 5.32 Å². The number of nitrogens with one attached hydrogen (secondary N) is 1. The van der Waals surface area contributed by atoms with Gasteiger partial charge in [-0.3, -0.25) is 4.79 Å². The van der Waals surface area contributed by atoms with Crippen LogP contribution in [0, 0.1) is 0 Å². The second-order valence-electron chi connectivity index (χ2n) is 6.81. The van der Waals surface area contributed by atoms with Crippen LogP contribution in [0.5, 0.6) is 11.5 Å². The molecule has 6 nitrogen and oxygen atoms in total. The van der Waals surface area contributed by atoms with E-state index in [9.17, 15) is 9.59 Å². The second-order valence-corrected chi connectivity index (χ2v) is 7.66. The summed E-state index contributed by atoms with van der Waals surface area (Å²) in [6.07, 6.45) is 0. The Morgan fingerprint density at radius 1 is 0.969 bits per heavy atom. The molecule has 0 saturated carbocycles. The number of rotatable bonds is 6. The van der Waals surface area contributed by atoms with Gasteiger partial charge in [0, 0.05) is 27.7 Å². The van der Waals surface area contributed by atoms with E-state index < -0.39 is 11.5 Å². The van der Waals surface area contributed by atoms with Crippen molar-refractivity contribution >= 4 is 45.8 Å². The Morgan fingerprint density at radius 3 is 2.56 bits per heavy atom. The molecule has 0 aliphatic heterocycles. The first kappa shape index (κ1) is 21.7. The van der Waals surface area contributed by atoms with Crippen molar-refractivity contribution in [3.63, 3.8) is 0 Å². The highest BCUT2D eigenvalue weighted by atomic mass is 35.5. The fourth-order valence-electron chi connectivity index (χ4n) is 3.17. The molecule has 0 saturated heterocycles. The third kappa shape index (κ3) is 4.72. The van der Waals surface area contributed by atoms with Crippen LogP contribution in [0.4, 0.5) is 5.69 Å². The molecule has 0 spiro atoms. The van der Waals surface area contributed by atoms with Crippen LogP contribution >= 0.6 is 23.2 Å². The topological polar surface area (TPSA) is 77.8 Å². The summed E-state index contributed by atoms with van der Waals surface area (Å²) in [7, 11) is 1.48. The first-order valence-corrected chi connectivity index (χ1v) is 10.3. The van der Waals surface area contributed by atoms with E-state index in [1.54, 1.807) is 48.5 Å². The number of carbonyl (C=O) groups excluding carboxylic acids is 1. The van der Waals surface area contributed by atoms with Gasteiger partial charge in [0.15, 0.2) is 6.61 Å². The van der Waals surface area contributed by atoms with Gasteiger partial charge in [0.2, 0.25) is 0 Å². The zero-order chi connectivity index (χ0) is 22.7. The number of methoxy groups -OCH3 is 1. The maximum absolute atomic E-state index is 12.5. The van der Waals surface area contributed by atoms with Crippen molar-refractivity contribution in [3.8, 4) is 22.6 Å². The number of hydrogen-bond acceptors (Lipinski definition) is 5. The van der Waals surface area contributed by atoms with Gasteiger partial charge in [-0.1, -0.05) is 41.4 Å². The van der Waals surface area contributed by atoms with Crippen LogP contribution in [0.1, 0.15) is 0 Å². The summed E-state index contributed by atoms with van der Waals surface area (Å²) in [5, 5.41) is 4.30. The van der Waals surface area contributed by atoms with Crippen molar-refractivity contribution in [3.05, 3.63) is 87.2 Å². The van der Waals surface area contributed by atoms with Crippen molar-refractivity contribution in [1.82, 2.24) is 0 Å². The van der Waals surface area contributed by atoms with Gasteiger partial charge in [-0.25, -0.2) is 4.79 Å². The van der Waals surface area contributed by atoms with Crippen LogP contribution < -0.4 is 20.4 Å². The summed E-state index contributed by atoms with van der Waals surface area (Å²) in [5.41, 5.74) is 1.41. The van der Waals surface area contributed by atoms with E-state index in [1.807, 2.05) is 12.1 Å². The predicted molar refractivity (Wildman–Crippen MR) is 125 cm³/mol. The van der Waals surface area contributed by atoms with E-state index in [0.717, 1.165) is 5.39 Å². The molecule has 0 fully saturated rings. The molecule has 32 heavy (non-hydrogen) atoms. The summed E-state index contributed by atoms with van der Waals surface area (Å²) in [6.45, 7) is -0.250. The highest BCUT2D eigenvalue weighted by molar-refractivity contribution is 6.35. The molecule has 4 rings (SSSR count). The fourth-order valence-corrected chi connectivity index (χ4v) is 3.64. The Bertz CT molecular complexity index is 1370. The summed E-state index contributed by atoms with van der Waals surface area (Å²) >= 11 is 11.9. The smallest absolute Gasteiger partial charge is 0.344 e. The lowest BCUT2D eigenvalue weighted by atomic mass is 10.0. The Balaban J connectivity index is 1.53. The van der Waals surface area contributed by atoms with Gasteiger partial charge in [-0.2, -0.15) is 0 Å². The fraction of sp³-hybridized carbons (Fsp3) is 0.0833. The number of para-hydroxylation sites is 1. The molecule has 1 heterocycles. The van der Waals surface area contributed by atoms with Gasteiger partial charge in [0.05, 0.1) is 17.7 Å². The molecule has 1 aromatic heterocycles. The summed E-state index contributed by atoms with van der Waals surface area (Å²) < 4.78 is 16.3. The molecule has 0 radical (unpaired) electrons. The normalized spacial score (nSPS) is 10.7. The molecule has 0 bridgehead atoms. The minimum atomic E-state index is -0.480. The van der Waals surface area contributed by atoms with Crippen LogP contribution in [-0.2, 0) is 4.79 Å². The highest BCUT2D eigenvalue weighted by Crippen LogP contribution is 2.32.